The van der Waals surface area contributed by atoms with Crippen LogP contribution in [0.25, 0.3) is 50.0 Å². The molecule has 0 unspecified atom stereocenters. The molecule has 170 valence electrons. The Labute approximate surface area is 203 Å². The van der Waals surface area contributed by atoms with E-state index in [1.165, 1.54) is 0 Å². The van der Waals surface area contributed by atoms with Crippen LogP contribution in [0, 0.1) is 0 Å². The third-order valence-electron chi connectivity index (χ3n) is 6.22. The van der Waals surface area contributed by atoms with Gasteiger partial charge in [0.05, 0.1) is 31.0 Å². The number of methoxy groups -OCH3 is 2. The van der Waals surface area contributed by atoms with Crippen molar-refractivity contribution in [3.63, 3.8) is 0 Å². The van der Waals surface area contributed by atoms with Crippen LogP contribution in [0.3, 0.4) is 0 Å². The molecule has 35 heavy (non-hydrogen) atoms. The maximum Gasteiger partial charge on any atom is 0.164 e. The van der Waals surface area contributed by atoms with Crippen LogP contribution in [0.1, 0.15) is 0 Å². The minimum absolute atomic E-state index is 0.662. The quantitative estimate of drug-likeness (QED) is 0.282. The zero-order valence-electron chi connectivity index (χ0n) is 19.5. The minimum atomic E-state index is 0.662. The van der Waals surface area contributed by atoms with E-state index in [4.69, 9.17) is 19.6 Å². The van der Waals surface area contributed by atoms with Crippen molar-refractivity contribution >= 4 is 21.8 Å². The van der Waals surface area contributed by atoms with Crippen LogP contribution in [-0.2, 0) is 0 Å². The zero-order chi connectivity index (χ0) is 23.8. The van der Waals surface area contributed by atoms with Gasteiger partial charge in [0.1, 0.15) is 5.69 Å². The molecule has 5 heteroatoms. The van der Waals surface area contributed by atoms with E-state index in [2.05, 4.69) is 24.3 Å². The zero-order valence-corrected chi connectivity index (χ0v) is 19.5. The van der Waals surface area contributed by atoms with Crippen molar-refractivity contribution in [1.29, 1.82) is 0 Å². The summed E-state index contributed by atoms with van der Waals surface area (Å²) in [5.74, 6) is 1.33. The summed E-state index contributed by atoms with van der Waals surface area (Å²) in [6.07, 6.45) is 0. The molecule has 0 saturated heterocycles. The molecule has 0 fully saturated rings. The van der Waals surface area contributed by atoms with Crippen LogP contribution < -0.4 is 9.47 Å². The predicted octanol–water partition coefficient (Wildman–Crippen LogP) is 6.92. The molecule has 0 aliphatic carbocycles. The van der Waals surface area contributed by atoms with Crippen molar-refractivity contribution in [2.45, 2.75) is 0 Å². The van der Waals surface area contributed by atoms with Crippen LogP contribution in [0.2, 0.25) is 0 Å². The molecule has 5 nitrogen and oxygen atoms in total. The van der Waals surface area contributed by atoms with Gasteiger partial charge in [-0.3, -0.25) is 0 Å². The molecule has 2 aromatic heterocycles. The van der Waals surface area contributed by atoms with Gasteiger partial charge < -0.3 is 9.47 Å². The maximum absolute atomic E-state index is 5.70. The summed E-state index contributed by atoms with van der Waals surface area (Å²) in [6.45, 7) is 0. The first kappa shape index (κ1) is 20.9. The second kappa shape index (κ2) is 8.61. The third kappa shape index (κ3) is 3.49. The summed E-state index contributed by atoms with van der Waals surface area (Å²) >= 11 is 0. The molecular formula is C30H23N3O2. The van der Waals surface area contributed by atoms with E-state index in [0.717, 1.165) is 50.0 Å². The van der Waals surface area contributed by atoms with E-state index in [1.54, 1.807) is 14.2 Å². The van der Waals surface area contributed by atoms with Crippen molar-refractivity contribution in [2.24, 2.45) is 0 Å². The van der Waals surface area contributed by atoms with E-state index in [1.807, 2.05) is 83.5 Å². The van der Waals surface area contributed by atoms with E-state index in [-0.39, 0.29) is 0 Å². The van der Waals surface area contributed by atoms with Crippen molar-refractivity contribution in [2.75, 3.05) is 14.2 Å². The number of para-hydroxylation sites is 1. The Morgan fingerprint density at radius 2 is 1.11 bits per heavy atom. The van der Waals surface area contributed by atoms with Gasteiger partial charge in [0.2, 0.25) is 0 Å². The molecule has 0 aliphatic rings. The Kier molecular flexibility index (Phi) is 5.15. The highest BCUT2D eigenvalue weighted by atomic mass is 16.5. The normalized spacial score (nSPS) is 11.1. The smallest absolute Gasteiger partial charge is 0.164 e. The molecule has 0 radical (unpaired) electrons. The van der Waals surface area contributed by atoms with Gasteiger partial charge in [-0.05, 0) is 24.3 Å². The van der Waals surface area contributed by atoms with Gasteiger partial charge >= 0.3 is 0 Å². The number of aromatic nitrogens is 3. The molecule has 4 aromatic carbocycles. The van der Waals surface area contributed by atoms with Gasteiger partial charge in [-0.2, -0.15) is 5.10 Å². The Hall–Kier alpha value is -4.64. The summed E-state index contributed by atoms with van der Waals surface area (Å²) in [4.78, 5) is 5.23. The molecule has 0 atom stereocenters. The van der Waals surface area contributed by atoms with Gasteiger partial charge in [0, 0.05) is 21.9 Å². The summed E-state index contributed by atoms with van der Waals surface area (Å²) in [6, 6.07) is 34.6. The summed E-state index contributed by atoms with van der Waals surface area (Å²) < 4.78 is 13.3. The Morgan fingerprint density at radius 3 is 1.69 bits per heavy atom. The number of hydrogen-bond acceptors (Lipinski definition) is 4. The number of pyridine rings is 1. The number of hydrogen-bond donors (Lipinski definition) is 0. The Balaban J connectivity index is 1.82. The van der Waals surface area contributed by atoms with Crippen molar-refractivity contribution < 1.29 is 9.47 Å². The lowest BCUT2D eigenvalue weighted by Gasteiger charge is -2.14. The highest BCUT2D eigenvalue weighted by molar-refractivity contribution is 6.16. The van der Waals surface area contributed by atoms with Gasteiger partial charge in [0.15, 0.2) is 17.1 Å². The number of benzene rings is 4. The number of rotatable bonds is 5. The molecule has 0 bridgehead atoms. The molecule has 2 heterocycles. The number of nitrogens with zero attached hydrogens (tertiary/aromatic N) is 3. The fourth-order valence-corrected chi connectivity index (χ4v) is 4.57. The van der Waals surface area contributed by atoms with Crippen molar-refractivity contribution in [1.82, 2.24) is 14.8 Å². The summed E-state index contributed by atoms with van der Waals surface area (Å²) in [7, 11) is 3.31. The first-order valence-electron chi connectivity index (χ1n) is 11.4. The van der Waals surface area contributed by atoms with Gasteiger partial charge in [-0.15, -0.1) is 0 Å². The predicted molar refractivity (Wildman–Crippen MR) is 140 cm³/mol. The molecule has 0 spiro atoms. The number of ether oxygens (including phenoxy) is 2. The Morgan fingerprint density at radius 1 is 0.600 bits per heavy atom. The lowest BCUT2D eigenvalue weighted by atomic mass is 9.98. The second-order valence-electron chi connectivity index (χ2n) is 8.24. The van der Waals surface area contributed by atoms with Crippen LogP contribution >= 0.6 is 0 Å². The standard InChI is InChI=1S/C30H23N3O2/c1-34-25-18-23-24(19-26(25)35-2)28(20-12-6-3-7-13-20)31-30-27(23)29(21-14-8-4-9-15-21)32-33(30)22-16-10-5-11-17-22/h3-19H,1-2H3. The fraction of sp³-hybridized carbons (Fsp3) is 0.0667. The average molecular weight is 458 g/mol. The molecule has 0 saturated carbocycles. The summed E-state index contributed by atoms with van der Waals surface area (Å²) in [5.41, 5.74) is 5.52. The van der Waals surface area contributed by atoms with Gasteiger partial charge in [-0.1, -0.05) is 78.9 Å². The fourth-order valence-electron chi connectivity index (χ4n) is 4.57. The van der Waals surface area contributed by atoms with Crippen LogP contribution in [0.5, 0.6) is 11.5 Å². The first-order chi connectivity index (χ1) is 17.3. The highest BCUT2D eigenvalue weighted by Gasteiger charge is 2.22. The Bertz CT molecular complexity index is 1640. The van der Waals surface area contributed by atoms with Gasteiger partial charge in [0.25, 0.3) is 0 Å². The van der Waals surface area contributed by atoms with Gasteiger partial charge in [-0.25, -0.2) is 9.67 Å². The monoisotopic (exact) mass is 457 g/mol. The van der Waals surface area contributed by atoms with Crippen molar-refractivity contribution in [3.8, 4) is 39.7 Å². The van der Waals surface area contributed by atoms with E-state index in [0.29, 0.717) is 11.5 Å². The summed E-state index contributed by atoms with van der Waals surface area (Å²) in [5, 5.41) is 8.05. The largest absolute Gasteiger partial charge is 0.493 e. The van der Waals surface area contributed by atoms with E-state index in [9.17, 15) is 0 Å². The maximum atomic E-state index is 5.70. The first-order valence-corrected chi connectivity index (χ1v) is 11.4. The molecule has 0 N–H and O–H groups in total. The molecular weight excluding hydrogens is 434 g/mol. The second-order valence-corrected chi connectivity index (χ2v) is 8.24. The SMILES string of the molecule is COc1cc2c(-c3ccccc3)nc3c(c(-c4ccccc4)nn3-c3ccccc3)c2cc1OC. The lowest BCUT2D eigenvalue weighted by Crippen LogP contribution is -1.99. The van der Waals surface area contributed by atoms with Crippen LogP contribution in [-0.4, -0.2) is 29.0 Å². The average Bonchev–Trinajstić information content (AvgIpc) is 3.33. The topological polar surface area (TPSA) is 49.2 Å². The third-order valence-corrected chi connectivity index (χ3v) is 6.22. The molecule has 0 aliphatic heterocycles. The molecule has 0 amide bonds. The van der Waals surface area contributed by atoms with E-state index < -0.39 is 0 Å². The number of fused-ring (bicyclic) bond motifs is 3. The van der Waals surface area contributed by atoms with Crippen molar-refractivity contribution in [3.05, 3.63) is 103 Å². The van der Waals surface area contributed by atoms with E-state index >= 15 is 0 Å². The van der Waals surface area contributed by atoms with Crippen LogP contribution in [0.15, 0.2) is 103 Å². The minimum Gasteiger partial charge on any atom is -0.493 e. The van der Waals surface area contributed by atoms with Crippen LogP contribution in [0.4, 0.5) is 0 Å². The highest BCUT2D eigenvalue weighted by Crippen LogP contribution is 2.42. The lowest BCUT2D eigenvalue weighted by molar-refractivity contribution is 0.356. The molecule has 6 aromatic rings. The molecule has 6 rings (SSSR count).